The number of aromatic nitrogens is 1. The van der Waals surface area contributed by atoms with Gasteiger partial charge in [-0.3, -0.25) is 0 Å². The lowest BCUT2D eigenvalue weighted by molar-refractivity contribution is 0.578. The molecule has 0 aliphatic rings. The molecular weight excluding hydrogens is 266 g/mol. The van der Waals surface area contributed by atoms with Crippen LogP contribution in [0.1, 0.15) is 55.9 Å². The molecule has 0 fully saturated rings. The van der Waals surface area contributed by atoms with Crippen molar-refractivity contribution >= 4 is 10.9 Å². The highest BCUT2D eigenvalue weighted by molar-refractivity contribution is 5.84. The van der Waals surface area contributed by atoms with Crippen LogP contribution in [0.5, 0.6) is 0 Å². The summed E-state index contributed by atoms with van der Waals surface area (Å²) in [6.07, 6.45) is 2.17. The molecule has 3 aromatic rings. The standard InChI is InChI=1S/C21H25N/c1-14-9-8-11-18(21(3,4)5)20(14)15(2)17-13-22-19-12-7-6-10-16(17)19/h6-13,15,22H,1-5H3. The Morgan fingerprint density at radius 1 is 0.955 bits per heavy atom. The quantitative estimate of drug-likeness (QED) is 0.602. The van der Waals surface area contributed by atoms with Crippen molar-refractivity contribution < 1.29 is 0 Å². The largest absolute Gasteiger partial charge is 0.361 e. The van der Waals surface area contributed by atoms with E-state index in [4.69, 9.17) is 0 Å². The summed E-state index contributed by atoms with van der Waals surface area (Å²) in [7, 11) is 0. The van der Waals surface area contributed by atoms with Gasteiger partial charge in [0.25, 0.3) is 0 Å². The Morgan fingerprint density at radius 3 is 2.41 bits per heavy atom. The van der Waals surface area contributed by atoms with Crippen LogP contribution >= 0.6 is 0 Å². The zero-order chi connectivity index (χ0) is 15.9. The number of hydrogen-bond acceptors (Lipinski definition) is 0. The van der Waals surface area contributed by atoms with Gasteiger partial charge in [-0.05, 0) is 40.7 Å². The number of fused-ring (bicyclic) bond motifs is 1. The predicted octanol–water partition coefficient (Wildman–Crippen LogP) is 5.93. The van der Waals surface area contributed by atoms with E-state index in [0.29, 0.717) is 5.92 Å². The van der Waals surface area contributed by atoms with Crippen LogP contribution in [0.3, 0.4) is 0 Å². The summed E-state index contributed by atoms with van der Waals surface area (Å²) in [4.78, 5) is 3.42. The number of rotatable bonds is 2. The summed E-state index contributed by atoms with van der Waals surface area (Å²) in [6.45, 7) is 11.5. The van der Waals surface area contributed by atoms with Gasteiger partial charge in [0.2, 0.25) is 0 Å². The number of para-hydroxylation sites is 1. The van der Waals surface area contributed by atoms with Gasteiger partial charge in [0, 0.05) is 23.0 Å². The number of benzene rings is 2. The lowest BCUT2D eigenvalue weighted by Gasteiger charge is -2.27. The molecule has 1 atom stereocenters. The third kappa shape index (κ3) is 2.45. The molecule has 0 aliphatic heterocycles. The SMILES string of the molecule is Cc1cccc(C(C)(C)C)c1C(C)c1c[nH]c2ccccc12. The van der Waals surface area contributed by atoms with Crippen LogP contribution in [0, 0.1) is 6.92 Å². The van der Waals surface area contributed by atoms with E-state index in [0.717, 1.165) is 0 Å². The van der Waals surface area contributed by atoms with E-state index in [2.05, 4.69) is 88.3 Å². The third-order valence-corrected chi connectivity index (χ3v) is 4.65. The minimum absolute atomic E-state index is 0.154. The first-order valence-corrected chi connectivity index (χ1v) is 8.05. The molecule has 0 aliphatic carbocycles. The monoisotopic (exact) mass is 291 g/mol. The Balaban J connectivity index is 2.19. The maximum Gasteiger partial charge on any atom is 0.0457 e. The molecule has 114 valence electrons. The first-order chi connectivity index (χ1) is 10.4. The maximum atomic E-state index is 3.42. The molecule has 0 bridgehead atoms. The molecule has 2 aromatic carbocycles. The minimum atomic E-state index is 0.154. The van der Waals surface area contributed by atoms with Crippen LogP contribution in [0.15, 0.2) is 48.7 Å². The van der Waals surface area contributed by atoms with Gasteiger partial charge in [0.15, 0.2) is 0 Å². The van der Waals surface area contributed by atoms with Crippen molar-refractivity contribution in [3.63, 3.8) is 0 Å². The summed E-state index contributed by atoms with van der Waals surface area (Å²) in [6, 6.07) is 15.3. The smallest absolute Gasteiger partial charge is 0.0457 e. The lowest BCUT2D eigenvalue weighted by atomic mass is 9.77. The highest BCUT2D eigenvalue weighted by Crippen LogP contribution is 2.38. The second-order valence-corrected chi connectivity index (χ2v) is 7.30. The summed E-state index contributed by atoms with van der Waals surface area (Å²) in [5, 5.41) is 1.33. The molecule has 0 amide bonds. The Bertz CT molecular complexity index is 802. The van der Waals surface area contributed by atoms with Gasteiger partial charge in [0.1, 0.15) is 0 Å². The van der Waals surface area contributed by atoms with E-state index in [9.17, 15) is 0 Å². The lowest BCUT2D eigenvalue weighted by Crippen LogP contribution is -2.16. The maximum absolute atomic E-state index is 3.42. The Kier molecular flexibility index (Phi) is 3.60. The van der Waals surface area contributed by atoms with Crippen molar-refractivity contribution in [1.82, 2.24) is 4.98 Å². The third-order valence-electron chi connectivity index (χ3n) is 4.65. The normalized spacial score (nSPS) is 13.5. The summed E-state index contributed by atoms with van der Waals surface area (Å²) in [5.74, 6) is 0.381. The molecular formula is C21H25N. The molecule has 0 spiro atoms. The molecule has 1 unspecified atom stereocenters. The molecule has 3 rings (SSSR count). The zero-order valence-corrected chi connectivity index (χ0v) is 14.2. The minimum Gasteiger partial charge on any atom is -0.361 e. The Labute approximate surface area is 133 Å². The first-order valence-electron chi connectivity index (χ1n) is 8.05. The van der Waals surface area contributed by atoms with E-state index in [1.807, 2.05) is 0 Å². The van der Waals surface area contributed by atoms with Crippen LogP contribution in [-0.2, 0) is 5.41 Å². The van der Waals surface area contributed by atoms with E-state index >= 15 is 0 Å². The fourth-order valence-electron chi connectivity index (χ4n) is 3.52. The molecule has 1 N–H and O–H groups in total. The first kappa shape index (κ1) is 14.9. The highest BCUT2D eigenvalue weighted by Gasteiger charge is 2.24. The van der Waals surface area contributed by atoms with E-state index in [-0.39, 0.29) is 5.41 Å². The van der Waals surface area contributed by atoms with Gasteiger partial charge in [-0.1, -0.05) is 64.1 Å². The molecule has 1 aromatic heterocycles. The summed E-state index contributed by atoms with van der Waals surface area (Å²) >= 11 is 0. The number of aryl methyl sites for hydroxylation is 1. The van der Waals surface area contributed by atoms with E-state index in [1.54, 1.807) is 0 Å². The molecule has 0 saturated heterocycles. The van der Waals surface area contributed by atoms with Crippen molar-refractivity contribution in [2.75, 3.05) is 0 Å². The van der Waals surface area contributed by atoms with Gasteiger partial charge in [-0.15, -0.1) is 0 Å². The molecule has 0 radical (unpaired) electrons. The van der Waals surface area contributed by atoms with Crippen LogP contribution in [0.2, 0.25) is 0 Å². The Morgan fingerprint density at radius 2 is 1.68 bits per heavy atom. The van der Waals surface area contributed by atoms with Gasteiger partial charge in [-0.2, -0.15) is 0 Å². The van der Waals surface area contributed by atoms with Crippen LogP contribution in [-0.4, -0.2) is 4.98 Å². The van der Waals surface area contributed by atoms with Gasteiger partial charge < -0.3 is 4.98 Å². The fraction of sp³-hybridized carbons (Fsp3) is 0.333. The average Bonchev–Trinajstić information content (AvgIpc) is 2.89. The molecule has 1 nitrogen and oxygen atoms in total. The molecule has 1 heterocycles. The summed E-state index contributed by atoms with van der Waals surface area (Å²) in [5.41, 5.74) is 7.06. The van der Waals surface area contributed by atoms with Crippen LogP contribution in [0.25, 0.3) is 10.9 Å². The highest BCUT2D eigenvalue weighted by atomic mass is 14.7. The molecule has 0 saturated carbocycles. The fourth-order valence-corrected chi connectivity index (χ4v) is 3.52. The van der Waals surface area contributed by atoms with Crippen molar-refractivity contribution in [1.29, 1.82) is 0 Å². The summed E-state index contributed by atoms with van der Waals surface area (Å²) < 4.78 is 0. The van der Waals surface area contributed by atoms with Gasteiger partial charge >= 0.3 is 0 Å². The van der Waals surface area contributed by atoms with Crippen molar-refractivity contribution in [3.05, 3.63) is 70.9 Å². The Hall–Kier alpha value is -2.02. The molecule has 22 heavy (non-hydrogen) atoms. The van der Waals surface area contributed by atoms with Crippen LogP contribution in [0.4, 0.5) is 0 Å². The topological polar surface area (TPSA) is 15.8 Å². The van der Waals surface area contributed by atoms with E-state index < -0.39 is 0 Å². The van der Waals surface area contributed by atoms with Crippen LogP contribution < -0.4 is 0 Å². The van der Waals surface area contributed by atoms with Gasteiger partial charge in [-0.25, -0.2) is 0 Å². The predicted molar refractivity (Wildman–Crippen MR) is 95.7 cm³/mol. The molecule has 1 heteroatoms. The number of nitrogens with one attached hydrogen (secondary N) is 1. The van der Waals surface area contributed by atoms with Crippen molar-refractivity contribution in [2.24, 2.45) is 0 Å². The van der Waals surface area contributed by atoms with Crippen molar-refractivity contribution in [3.8, 4) is 0 Å². The van der Waals surface area contributed by atoms with E-state index in [1.165, 1.54) is 33.2 Å². The van der Waals surface area contributed by atoms with Crippen molar-refractivity contribution in [2.45, 2.75) is 46.0 Å². The second kappa shape index (κ2) is 5.31. The zero-order valence-electron chi connectivity index (χ0n) is 14.2. The number of hydrogen-bond donors (Lipinski definition) is 1. The number of H-pyrrole nitrogens is 1. The second-order valence-electron chi connectivity index (χ2n) is 7.30. The number of aromatic amines is 1. The average molecular weight is 291 g/mol. The van der Waals surface area contributed by atoms with Gasteiger partial charge in [0.05, 0.1) is 0 Å².